The van der Waals surface area contributed by atoms with Crippen molar-refractivity contribution in [2.45, 2.75) is 51.4 Å². The molecule has 0 bridgehead atoms. The maximum atomic E-state index is 15.4. The van der Waals surface area contributed by atoms with E-state index in [4.69, 9.17) is 0 Å². The lowest BCUT2D eigenvalue weighted by Gasteiger charge is -2.41. The van der Waals surface area contributed by atoms with Crippen molar-refractivity contribution in [2.24, 2.45) is 0 Å². The number of hydrogen-bond acceptors (Lipinski definition) is 5. The molecule has 28 heavy (non-hydrogen) atoms. The number of imide groups is 1. The average Bonchev–Trinajstić information content (AvgIpc) is 2.94. The van der Waals surface area contributed by atoms with Gasteiger partial charge in [-0.1, -0.05) is 0 Å². The van der Waals surface area contributed by atoms with Crippen LogP contribution in [0, 0.1) is 11.6 Å². The number of amides is 3. The third kappa shape index (κ3) is 2.85. The predicted molar refractivity (Wildman–Crippen MR) is 96.7 cm³/mol. The van der Waals surface area contributed by atoms with Crippen LogP contribution >= 0.6 is 0 Å². The fraction of sp³-hybridized carbons (Fsp3) is 0.526. The first-order valence-electron chi connectivity index (χ1n) is 9.44. The van der Waals surface area contributed by atoms with Crippen molar-refractivity contribution in [3.05, 3.63) is 28.8 Å². The van der Waals surface area contributed by atoms with Crippen molar-refractivity contribution in [1.29, 1.82) is 0 Å². The number of nitrogens with zero attached hydrogens (tertiary/aromatic N) is 2. The van der Waals surface area contributed by atoms with Crippen molar-refractivity contribution in [3.63, 3.8) is 0 Å². The molecule has 150 valence electrons. The van der Waals surface area contributed by atoms with Gasteiger partial charge in [0.05, 0.1) is 12.1 Å². The molecular weight excluding hydrogens is 370 g/mol. The van der Waals surface area contributed by atoms with Gasteiger partial charge in [0, 0.05) is 37.2 Å². The molecule has 2 N–H and O–H groups in total. The Morgan fingerprint density at radius 1 is 1.11 bits per heavy atom. The number of carbonyl (C=O) groups is 3. The van der Waals surface area contributed by atoms with Crippen LogP contribution in [-0.2, 0) is 16.1 Å². The predicted octanol–water partition coefficient (Wildman–Crippen LogP) is 0.912. The van der Waals surface area contributed by atoms with E-state index in [-0.39, 0.29) is 48.3 Å². The summed E-state index contributed by atoms with van der Waals surface area (Å²) in [7, 11) is 0. The molecule has 3 aliphatic heterocycles. The number of anilines is 1. The first kappa shape index (κ1) is 18.8. The third-order valence-electron chi connectivity index (χ3n) is 5.79. The van der Waals surface area contributed by atoms with E-state index in [1.165, 1.54) is 4.90 Å². The highest BCUT2D eigenvalue weighted by atomic mass is 19.1. The van der Waals surface area contributed by atoms with Crippen molar-refractivity contribution in [2.75, 3.05) is 18.0 Å². The molecule has 0 saturated carbocycles. The van der Waals surface area contributed by atoms with Crippen molar-refractivity contribution < 1.29 is 23.2 Å². The Balaban J connectivity index is 1.70. The lowest BCUT2D eigenvalue weighted by molar-refractivity contribution is -0.136. The van der Waals surface area contributed by atoms with Gasteiger partial charge in [-0.05, 0) is 26.3 Å². The van der Waals surface area contributed by atoms with Gasteiger partial charge in [0.1, 0.15) is 17.5 Å². The van der Waals surface area contributed by atoms with Crippen molar-refractivity contribution in [3.8, 4) is 0 Å². The van der Waals surface area contributed by atoms with Crippen LogP contribution in [-0.4, -0.2) is 53.8 Å². The molecule has 3 heterocycles. The molecule has 3 aliphatic rings. The van der Waals surface area contributed by atoms with Gasteiger partial charge in [-0.15, -0.1) is 0 Å². The van der Waals surface area contributed by atoms with Crippen LogP contribution < -0.4 is 15.5 Å². The van der Waals surface area contributed by atoms with Crippen molar-refractivity contribution >= 4 is 23.4 Å². The summed E-state index contributed by atoms with van der Waals surface area (Å²) < 4.78 is 30.3. The Morgan fingerprint density at radius 3 is 2.43 bits per heavy atom. The number of hydrogen-bond donors (Lipinski definition) is 2. The van der Waals surface area contributed by atoms with E-state index in [1.807, 2.05) is 13.8 Å². The Kier molecular flexibility index (Phi) is 4.57. The van der Waals surface area contributed by atoms with Gasteiger partial charge in [-0.2, -0.15) is 0 Å². The molecule has 2 saturated heterocycles. The molecule has 3 unspecified atom stereocenters. The maximum absolute atomic E-state index is 15.4. The van der Waals surface area contributed by atoms with E-state index >= 15 is 4.39 Å². The molecule has 9 heteroatoms. The number of benzene rings is 1. The number of piperidine rings is 1. The van der Waals surface area contributed by atoms with Gasteiger partial charge in [0.25, 0.3) is 5.91 Å². The van der Waals surface area contributed by atoms with Crippen LogP contribution in [0.2, 0.25) is 0 Å². The van der Waals surface area contributed by atoms with E-state index in [9.17, 15) is 18.8 Å². The number of rotatable bonds is 2. The molecule has 4 rings (SSSR count). The van der Waals surface area contributed by atoms with E-state index in [0.29, 0.717) is 13.1 Å². The lowest BCUT2D eigenvalue weighted by atomic mass is 10.0. The second-order valence-electron chi connectivity index (χ2n) is 7.71. The summed E-state index contributed by atoms with van der Waals surface area (Å²) in [5.74, 6) is -3.10. The van der Waals surface area contributed by atoms with Crippen LogP contribution in [0.25, 0.3) is 0 Å². The number of carbonyl (C=O) groups excluding carboxylic acids is 3. The van der Waals surface area contributed by atoms with Gasteiger partial charge < -0.3 is 15.1 Å². The zero-order valence-corrected chi connectivity index (χ0v) is 15.7. The zero-order valence-electron chi connectivity index (χ0n) is 15.7. The van der Waals surface area contributed by atoms with Crippen LogP contribution in [0.3, 0.4) is 0 Å². The van der Waals surface area contributed by atoms with Gasteiger partial charge in [-0.3, -0.25) is 19.7 Å². The summed E-state index contributed by atoms with van der Waals surface area (Å²) in [5.41, 5.74) is -0.0823. The van der Waals surface area contributed by atoms with Crippen LogP contribution in [0.1, 0.15) is 42.6 Å². The summed E-state index contributed by atoms with van der Waals surface area (Å²) in [5, 5.41) is 5.42. The Labute approximate surface area is 161 Å². The molecule has 0 radical (unpaired) electrons. The van der Waals surface area contributed by atoms with Crippen LogP contribution in [0.4, 0.5) is 14.5 Å². The highest BCUT2D eigenvalue weighted by Crippen LogP contribution is 2.37. The smallest absolute Gasteiger partial charge is 0.255 e. The number of nitrogens with one attached hydrogen (secondary N) is 2. The quantitative estimate of drug-likeness (QED) is 0.732. The monoisotopic (exact) mass is 392 g/mol. The van der Waals surface area contributed by atoms with E-state index in [1.54, 1.807) is 4.90 Å². The Hall–Kier alpha value is -2.55. The molecule has 0 spiro atoms. The zero-order chi connectivity index (χ0) is 20.2. The normalized spacial score (nSPS) is 27.9. The summed E-state index contributed by atoms with van der Waals surface area (Å²) in [6, 6.07) is -0.0208. The molecule has 7 nitrogen and oxygen atoms in total. The average molecular weight is 392 g/mol. The molecule has 0 aliphatic carbocycles. The second kappa shape index (κ2) is 6.80. The Morgan fingerprint density at radius 2 is 1.79 bits per heavy atom. The second-order valence-corrected chi connectivity index (χ2v) is 7.71. The fourth-order valence-electron chi connectivity index (χ4n) is 4.43. The van der Waals surface area contributed by atoms with E-state index in [0.717, 1.165) is 6.07 Å². The summed E-state index contributed by atoms with van der Waals surface area (Å²) in [6.07, 6.45) is 0.279. The SMILES string of the molecule is CC1CNCC(C)N1c1c(F)cc2c(c1F)CN(C1CCC(=O)NC1=O)C2=O. The maximum Gasteiger partial charge on any atom is 0.255 e. The summed E-state index contributed by atoms with van der Waals surface area (Å²) in [4.78, 5) is 39.2. The molecule has 0 aromatic heterocycles. The molecule has 1 aromatic rings. The van der Waals surface area contributed by atoms with Gasteiger partial charge in [0.2, 0.25) is 11.8 Å². The minimum absolute atomic E-state index is 0.0566. The molecular formula is C19H22F2N4O3. The summed E-state index contributed by atoms with van der Waals surface area (Å²) >= 11 is 0. The first-order valence-corrected chi connectivity index (χ1v) is 9.44. The molecule has 2 fully saturated rings. The minimum Gasteiger partial charge on any atom is -0.359 e. The number of piperazine rings is 1. The molecule has 3 atom stereocenters. The van der Waals surface area contributed by atoms with Crippen molar-refractivity contribution in [1.82, 2.24) is 15.5 Å². The number of fused-ring (bicyclic) bond motifs is 1. The topological polar surface area (TPSA) is 81.8 Å². The highest BCUT2D eigenvalue weighted by Gasteiger charge is 2.42. The lowest BCUT2D eigenvalue weighted by Crippen LogP contribution is -2.55. The fourth-order valence-corrected chi connectivity index (χ4v) is 4.43. The largest absolute Gasteiger partial charge is 0.359 e. The van der Waals surface area contributed by atoms with E-state index in [2.05, 4.69) is 10.6 Å². The highest BCUT2D eigenvalue weighted by molar-refractivity contribution is 6.05. The van der Waals surface area contributed by atoms with Gasteiger partial charge in [0.15, 0.2) is 5.82 Å². The summed E-state index contributed by atoms with van der Waals surface area (Å²) in [6.45, 7) is 4.85. The van der Waals surface area contributed by atoms with Gasteiger partial charge in [-0.25, -0.2) is 8.78 Å². The molecule has 1 aromatic carbocycles. The van der Waals surface area contributed by atoms with Gasteiger partial charge >= 0.3 is 0 Å². The van der Waals surface area contributed by atoms with E-state index < -0.39 is 35.4 Å². The number of halogens is 2. The van der Waals surface area contributed by atoms with Crippen LogP contribution in [0.15, 0.2) is 6.07 Å². The third-order valence-corrected chi connectivity index (χ3v) is 5.79. The Bertz CT molecular complexity index is 865. The minimum atomic E-state index is -0.861. The van der Waals surface area contributed by atoms with Crippen LogP contribution in [0.5, 0.6) is 0 Å². The molecule has 3 amide bonds. The standard InChI is InChI=1S/C19H22F2N4O3/c1-9-6-22-7-10(2)25(9)17-13(20)5-11-12(16(17)21)8-24(19(11)28)14-3-4-15(26)23-18(14)27/h5,9-10,14,22H,3-4,6-8H2,1-2H3,(H,23,26,27). The first-order chi connectivity index (χ1) is 13.3.